The molecule has 1 amide bonds. The Morgan fingerprint density at radius 1 is 0.908 bits per heavy atom. The lowest BCUT2D eigenvalue weighted by molar-refractivity contribution is -0.265. The maximum Gasteiger partial charge on any atom is 0.329 e. The van der Waals surface area contributed by atoms with Gasteiger partial charge < -0.3 is 44.3 Å². The van der Waals surface area contributed by atoms with Crippen LogP contribution in [0.2, 0.25) is 0 Å². The van der Waals surface area contributed by atoms with Crippen LogP contribution in [0.3, 0.4) is 0 Å². The smallest absolute Gasteiger partial charge is 0.329 e. The fourth-order valence-electron chi connectivity index (χ4n) is 9.40. The third kappa shape index (κ3) is 16.4. The Kier molecular flexibility index (Phi) is 23.1. The third-order valence-corrected chi connectivity index (χ3v) is 14.1. The number of hydrogen-bond acceptors (Lipinski definition) is 13. The second-order valence-electron chi connectivity index (χ2n) is 19.4. The van der Waals surface area contributed by atoms with Gasteiger partial charge in [-0.1, -0.05) is 71.1 Å². The van der Waals surface area contributed by atoms with Crippen molar-refractivity contribution in [1.29, 1.82) is 0 Å². The van der Waals surface area contributed by atoms with Crippen LogP contribution in [0, 0.1) is 35.5 Å². The molecule has 1 saturated carbocycles. The summed E-state index contributed by atoms with van der Waals surface area (Å²) in [6.45, 7) is 14.0. The van der Waals surface area contributed by atoms with Gasteiger partial charge in [-0.15, -0.1) is 0 Å². The van der Waals surface area contributed by atoms with E-state index in [2.05, 4.69) is 13.0 Å². The molecule has 368 valence electrons. The molecule has 14 heteroatoms. The Morgan fingerprint density at radius 2 is 1.62 bits per heavy atom. The number of Topliss-reactive ketones (excluding diaryl/α,β-unsaturated/α-hetero) is 3. The summed E-state index contributed by atoms with van der Waals surface area (Å²) in [6.07, 6.45) is 13.1. The van der Waals surface area contributed by atoms with Gasteiger partial charge in [-0.25, -0.2) is 4.79 Å². The number of likely N-dealkylation sites (tertiary alicyclic amines) is 1. The second-order valence-corrected chi connectivity index (χ2v) is 19.4. The highest BCUT2D eigenvalue weighted by Gasteiger charge is 2.53. The lowest BCUT2D eigenvalue weighted by atomic mass is 9.78. The number of esters is 1. The van der Waals surface area contributed by atoms with Crippen molar-refractivity contribution in [1.82, 2.24) is 4.90 Å². The van der Waals surface area contributed by atoms with Gasteiger partial charge >= 0.3 is 5.97 Å². The second kappa shape index (κ2) is 26.8. The molecule has 14 atom stereocenters. The van der Waals surface area contributed by atoms with Crippen LogP contribution in [0.4, 0.5) is 0 Å². The number of aliphatic hydroxyl groups excluding tert-OH is 3. The van der Waals surface area contributed by atoms with Crippen LogP contribution in [-0.4, -0.2) is 130 Å². The van der Waals surface area contributed by atoms with Crippen LogP contribution >= 0.6 is 0 Å². The quantitative estimate of drug-likeness (QED) is 0.0371. The predicted molar refractivity (Wildman–Crippen MR) is 247 cm³/mol. The summed E-state index contributed by atoms with van der Waals surface area (Å²) in [5.74, 6) is -6.73. The molecule has 1 aliphatic carbocycles. The van der Waals surface area contributed by atoms with Crippen molar-refractivity contribution in [3.8, 4) is 0 Å². The predicted octanol–water partition coefficient (Wildman–Crippen LogP) is 6.16. The standard InChI is InChI=1S/C51H81NO13/c1-31(24-33(3)38(8)54)16-12-11-13-17-32(2)45(62-9)28-40-21-19-37(7)51(61,65-40)48(58)49(59)52-23-15-14-18-41(52)50(60)64-46(29-43(56)34(4)25-35(5)44(57)30-53)36(6)26-39-20-22-42(55)47(27-39)63-10/h11-13,16-17,25,31,33-34,36-37,39-42,44-47,53,55,57,61H,14-15,18-24,26-30H2,1-10H3/b13-11+,16-12+,32-17+,35-25-/t31-,33+,34-,36-,37+,39+,40+,41-,42-,44+,45+,46-,47+,51-/m0/s1. The molecule has 65 heavy (non-hydrogen) atoms. The molecule has 0 aromatic carbocycles. The Labute approximate surface area is 387 Å². The van der Waals surface area contributed by atoms with Crippen molar-refractivity contribution < 1.29 is 63.3 Å². The lowest BCUT2D eigenvalue weighted by Gasteiger charge is -2.42. The van der Waals surface area contributed by atoms with Crippen LogP contribution in [0.1, 0.15) is 132 Å². The first-order valence-electron chi connectivity index (χ1n) is 23.9. The number of allylic oxidation sites excluding steroid dienone is 6. The number of ether oxygens (including phenoxy) is 4. The molecule has 0 spiro atoms. The van der Waals surface area contributed by atoms with Crippen LogP contribution in [0.25, 0.3) is 0 Å². The average molecular weight is 916 g/mol. The number of ketones is 3. The fourth-order valence-corrected chi connectivity index (χ4v) is 9.40. The van der Waals surface area contributed by atoms with Crippen molar-refractivity contribution >= 4 is 29.2 Å². The molecule has 0 aromatic rings. The minimum Gasteiger partial charge on any atom is -0.460 e. The van der Waals surface area contributed by atoms with E-state index >= 15 is 0 Å². The fraction of sp³-hybridized carbons (Fsp3) is 0.745. The monoisotopic (exact) mass is 916 g/mol. The van der Waals surface area contributed by atoms with Crippen molar-refractivity contribution in [2.24, 2.45) is 35.5 Å². The van der Waals surface area contributed by atoms with Gasteiger partial charge in [0.25, 0.3) is 11.7 Å². The number of rotatable bonds is 24. The summed E-state index contributed by atoms with van der Waals surface area (Å²) in [7, 11) is 3.14. The molecular formula is C51H81NO13. The van der Waals surface area contributed by atoms with Gasteiger partial charge in [-0.3, -0.25) is 19.2 Å². The Morgan fingerprint density at radius 3 is 2.26 bits per heavy atom. The SMILES string of the molecule is CO[C@H](C[C@H]1CC[C@@H](C)[C@@](O)(C(=O)C(=O)N2CCCC[C@H]2C(=O)O[C@@H](CC(=O)[C@@H](C)/C=C(/C)[C@H](O)CO)[C@@H](C)C[C@H]2CC[C@H](O)[C@H](OC)C2)O1)/C(C)=C/C=C/C=C/[C@H](C)C[C@@H](C)C(C)=O. The van der Waals surface area contributed by atoms with Crippen molar-refractivity contribution in [3.63, 3.8) is 0 Å². The molecule has 3 rings (SSSR count). The third-order valence-electron chi connectivity index (χ3n) is 14.1. The van der Waals surface area contributed by atoms with Gasteiger partial charge in [0.15, 0.2) is 0 Å². The molecule has 2 heterocycles. The molecule has 0 aromatic heterocycles. The van der Waals surface area contributed by atoms with E-state index in [4.69, 9.17) is 18.9 Å². The summed E-state index contributed by atoms with van der Waals surface area (Å²) in [4.78, 5) is 69.1. The molecule has 3 aliphatic rings. The minimum absolute atomic E-state index is 0.00576. The first kappa shape index (κ1) is 56.0. The van der Waals surface area contributed by atoms with Crippen molar-refractivity contribution in [2.75, 3.05) is 27.4 Å². The van der Waals surface area contributed by atoms with E-state index < -0.39 is 78.5 Å². The number of carbonyl (C=O) groups is 5. The summed E-state index contributed by atoms with van der Waals surface area (Å²) in [6, 6.07) is -1.13. The number of methoxy groups -OCH3 is 2. The maximum absolute atomic E-state index is 14.2. The van der Waals surface area contributed by atoms with Crippen molar-refractivity contribution in [2.45, 2.75) is 181 Å². The topological polar surface area (TPSA) is 206 Å². The average Bonchev–Trinajstić information content (AvgIpc) is 3.28. The number of carbonyl (C=O) groups excluding carboxylic acids is 5. The number of nitrogens with zero attached hydrogens (tertiary/aromatic N) is 1. The van der Waals surface area contributed by atoms with E-state index in [1.807, 2.05) is 45.1 Å². The zero-order chi connectivity index (χ0) is 48.6. The number of aliphatic hydroxyl groups is 4. The minimum atomic E-state index is -2.44. The van der Waals surface area contributed by atoms with Gasteiger partial charge in [0.1, 0.15) is 23.7 Å². The van der Waals surface area contributed by atoms with Crippen LogP contribution in [-0.2, 0) is 42.9 Å². The van der Waals surface area contributed by atoms with Gasteiger partial charge in [0.2, 0.25) is 5.79 Å². The summed E-state index contributed by atoms with van der Waals surface area (Å²) < 4.78 is 23.7. The Bertz CT molecular complexity index is 1710. The highest BCUT2D eigenvalue weighted by atomic mass is 16.6. The van der Waals surface area contributed by atoms with Gasteiger partial charge in [0.05, 0.1) is 37.1 Å². The van der Waals surface area contributed by atoms with E-state index in [0.717, 1.165) is 18.4 Å². The van der Waals surface area contributed by atoms with Gasteiger partial charge in [-0.2, -0.15) is 0 Å². The molecule has 2 saturated heterocycles. The Hall–Kier alpha value is -3.37. The summed E-state index contributed by atoms with van der Waals surface area (Å²) >= 11 is 0. The largest absolute Gasteiger partial charge is 0.460 e. The van der Waals surface area contributed by atoms with E-state index in [9.17, 15) is 44.4 Å². The van der Waals surface area contributed by atoms with Crippen LogP contribution in [0.5, 0.6) is 0 Å². The highest BCUT2D eigenvalue weighted by Crippen LogP contribution is 2.37. The molecule has 0 radical (unpaired) electrons. The molecule has 3 fully saturated rings. The molecule has 4 N–H and O–H groups in total. The number of amides is 1. The zero-order valence-corrected chi connectivity index (χ0v) is 40.8. The Balaban J connectivity index is 1.77. The molecule has 2 aliphatic heterocycles. The van der Waals surface area contributed by atoms with E-state index in [1.165, 1.54) is 4.90 Å². The van der Waals surface area contributed by atoms with Gasteiger partial charge in [0, 0.05) is 51.4 Å². The van der Waals surface area contributed by atoms with E-state index in [0.29, 0.717) is 56.9 Å². The molecule has 0 bridgehead atoms. The van der Waals surface area contributed by atoms with Crippen LogP contribution < -0.4 is 0 Å². The summed E-state index contributed by atoms with van der Waals surface area (Å²) in [5, 5.41) is 41.8. The lowest BCUT2D eigenvalue weighted by Crippen LogP contribution is -2.61. The summed E-state index contributed by atoms with van der Waals surface area (Å²) in [5.41, 5.74) is 1.33. The molecule has 14 nitrogen and oxygen atoms in total. The molecular weight excluding hydrogens is 835 g/mol. The molecule has 0 unspecified atom stereocenters. The van der Waals surface area contributed by atoms with Crippen molar-refractivity contribution in [3.05, 3.63) is 47.6 Å². The van der Waals surface area contributed by atoms with Gasteiger partial charge in [-0.05, 0) is 114 Å². The first-order chi connectivity index (χ1) is 30.7. The van der Waals surface area contributed by atoms with E-state index in [1.54, 1.807) is 48.0 Å². The maximum atomic E-state index is 14.2. The highest BCUT2D eigenvalue weighted by molar-refractivity contribution is 6.39. The van der Waals surface area contributed by atoms with E-state index in [-0.39, 0.29) is 60.7 Å². The first-order valence-corrected chi connectivity index (χ1v) is 23.9. The normalized spacial score (nSPS) is 29.2. The van der Waals surface area contributed by atoms with Crippen LogP contribution in [0.15, 0.2) is 47.6 Å². The zero-order valence-electron chi connectivity index (χ0n) is 40.8. The number of hydrogen-bond donors (Lipinski definition) is 4. The number of piperidine rings is 1.